The van der Waals surface area contributed by atoms with Crippen LogP contribution < -0.4 is 0 Å². The van der Waals surface area contributed by atoms with Crippen LogP contribution in [-0.2, 0) is 6.42 Å². The van der Waals surface area contributed by atoms with Crippen molar-refractivity contribution in [2.75, 3.05) is 12.8 Å². The summed E-state index contributed by atoms with van der Waals surface area (Å²) in [5.41, 5.74) is 1.52. The summed E-state index contributed by atoms with van der Waals surface area (Å²) in [6.45, 7) is 9.92. The highest BCUT2D eigenvalue weighted by atomic mass is 31.2. The molecule has 84 valence electrons. The molecule has 1 aromatic carbocycles. The minimum absolute atomic E-state index is 0.497. The minimum Gasteiger partial charge on any atom is -0.156 e. The quantitative estimate of drug-likeness (QED) is 0.544. The summed E-state index contributed by atoms with van der Waals surface area (Å²) in [6, 6.07) is 11.0. The molecule has 0 saturated carbocycles. The van der Waals surface area contributed by atoms with Crippen LogP contribution in [0.2, 0.25) is 0 Å². The molecule has 15 heavy (non-hydrogen) atoms. The van der Waals surface area contributed by atoms with E-state index >= 15 is 0 Å². The van der Waals surface area contributed by atoms with Crippen molar-refractivity contribution in [1.29, 1.82) is 0 Å². The number of hydrogen-bond acceptors (Lipinski definition) is 0. The number of aryl methyl sites for hydroxylation is 1. The minimum atomic E-state index is -0.542. The van der Waals surface area contributed by atoms with Crippen LogP contribution in [0.1, 0.15) is 26.3 Å². The Hall–Kier alpha value is -0.285. The van der Waals surface area contributed by atoms with E-state index in [-0.39, 0.29) is 0 Å². The molecule has 0 fully saturated rings. The molecule has 1 atom stereocenters. The van der Waals surface area contributed by atoms with Gasteiger partial charge in [0.2, 0.25) is 0 Å². The first-order valence-electron chi connectivity index (χ1n) is 5.25. The van der Waals surface area contributed by atoms with Crippen LogP contribution in [0.3, 0.4) is 0 Å². The monoisotopic (exact) mass is 222 g/mol. The third kappa shape index (κ3) is 3.65. The van der Waals surface area contributed by atoms with Crippen molar-refractivity contribution in [3.05, 3.63) is 35.9 Å². The third-order valence-electron chi connectivity index (χ3n) is 2.72. The molecule has 0 bridgehead atoms. The van der Waals surface area contributed by atoms with E-state index in [1.54, 1.807) is 0 Å². The highest BCUT2D eigenvalue weighted by Crippen LogP contribution is 2.61. The molecule has 0 amide bonds. The number of hydrogen-bond donors (Lipinski definition) is 0. The van der Waals surface area contributed by atoms with Gasteiger partial charge >= 0.3 is 0 Å². The van der Waals surface area contributed by atoms with Crippen LogP contribution >= 0.6 is 7.14 Å². The Balaban J connectivity index is 2.58. The molecule has 0 spiro atoms. The molecule has 0 heterocycles. The van der Waals surface area contributed by atoms with E-state index in [0.29, 0.717) is 12.7 Å². The standard InChI is InChI=1S/C13H24BP/c1-13(2,3)15(4,14)11-10-12-8-6-5-7-9-12/h5-9H,10-11H2,1-4,14H3. The van der Waals surface area contributed by atoms with Crippen LogP contribution in [0.4, 0.5) is 0 Å². The maximum Gasteiger partial charge on any atom is 0.127 e. The van der Waals surface area contributed by atoms with Crippen molar-refractivity contribution in [3.8, 4) is 0 Å². The second kappa shape index (κ2) is 4.70. The summed E-state index contributed by atoms with van der Waals surface area (Å²) < 4.78 is 0. The molecule has 2 heteroatoms. The maximum atomic E-state index is 2.59. The lowest BCUT2D eigenvalue weighted by Gasteiger charge is -2.38. The Morgan fingerprint density at radius 2 is 1.67 bits per heavy atom. The van der Waals surface area contributed by atoms with Crippen LogP contribution in [0.15, 0.2) is 30.3 Å². The van der Waals surface area contributed by atoms with Gasteiger partial charge in [-0.15, -0.1) is 0 Å². The first-order chi connectivity index (χ1) is 6.83. The smallest absolute Gasteiger partial charge is 0.127 e. The van der Waals surface area contributed by atoms with Crippen LogP contribution in [0.25, 0.3) is 0 Å². The van der Waals surface area contributed by atoms with Gasteiger partial charge < -0.3 is 0 Å². The Kier molecular flexibility index (Phi) is 4.01. The van der Waals surface area contributed by atoms with E-state index in [1.165, 1.54) is 18.1 Å². The molecular formula is C13H24BP. The third-order valence-corrected chi connectivity index (χ3v) is 5.91. The zero-order valence-corrected chi connectivity index (χ0v) is 10.6. The fourth-order valence-electron chi connectivity index (χ4n) is 1.28. The Morgan fingerprint density at radius 1 is 1.13 bits per heavy atom. The van der Waals surface area contributed by atoms with Crippen molar-refractivity contribution in [3.63, 3.8) is 0 Å². The average Bonchev–Trinajstić information content (AvgIpc) is 2.15. The van der Waals surface area contributed by atoms with Crippen molar-refractivity contribution < 1.29 is 0 Å². The Morgan fingerprint density at radius 3 is 2.13 bits per heavy atom. The number of benzene rings is 1. The van der Waals surface area contributed by atoms with Gasteiger partial charge in [0.05, 0.1) is 0 Å². The highest BCUT2D eigenvalue weighted by molar-refractivity contribution is 7.97. The lowest BCUT2D eigenvalue weighted by molar-refractivity contribution is 0.777. The maximum absolute atomic E-state index is 2.59. The van der Waals surface area contributed by atoms with Gasteiger partial charge in [-0.2, -0.15) is 7.14 Å². The van der Waals surface area contributed by atoms with E-state index in [2.05, 4.69) is 57.8 Å². The Labute approximate surface area is 96.2 Å². The van der Waals surface area contributed by atoms with Crippen LogP contribution in [0.5, 0.6) is 0 Å². The van der Waals surface area contributed by atoms with Gasteiger partial charge in [0.15, 0.2) is 0 Å². The largest absolute Gasteiger partial charge is 0.156 e. The SMILES string of the molecule is [BH3-][P+](C)(CCc1ccccc1)C(C)(C)C. The van der Waals surface area contributed by atoms with Crippen LogP contribution in [0, 0.1) is 0 Å². The zero-order chi connectivity index (χ0) is 11.5. The summed E-state index contributed by atoms with van der Waals surface area (Å²) in [6.07, 6.45) is 2.77. The summed E-state index contributed by atoms with van der Waals surface area (Å²) in [5, 5.41) is 0.599. The molecule has 0 aliphatic heterocycles. The second-order valence-electron chi connectivity index (χ2n) is 4.83. The van der Waals surface area contributed by atoms with Gasteiger partial charge in [-0.25, -0.2) is 0 Å². The molecule has 0 nitrogen and oxygen atoms in total. The molecule has 0 aliphatic carbocycles. The van der Waals surface area contributed by atoms with E-state index in [0.717, 1.165) is 0 Å². The molecule has 0 aromatic heterocycles. The van der Waals surface area contributed by atoms with E-state index in [9.17, 15) is 0 Å². The van der Waals surface area contributed by atoms with Crippen LogP contribution in [-0.4, -0.2) is 25.5 Å². The van der Waals surface area contributed by atoms with E-state index in [1.807, 2.05) is 0 Å². The normalized spacial score (nSPS) is 16.1. The predicted octanol–water partition coefficient (Wildman–Crippen LogP) is 2.96. The molecule has 0 N–H and O–H groups in total. The zero-order valence-electron chi connectivity index (χ0n) is 9.75. The molecule has 1 unspecified atom stereocenters. The fourth-order valence-corrected chi connectivity index (χ4v) is 2.54. The second-order valence-corrected chi connectivity index (χ2v) is 8.01. The van der Waals surface area contributed by atoms with Gasteiger partial charge in [0.1, 0.15) is 7.57 Å². The van der Waals surface area contributed by atoms with Gasteiger partial charge in [0.25, 0.3) is 0 Å². The molecule has 0 radical (unpaired) electrons. The summed E-state index contributed by atoms with van der Waals surface area (Å²) in [5.74, 6) is 0. The summed E-state index contributed by atoms with van der Waals surface area (Å²) >= 11 is 0. The first kappa shape index (κ1) is 12.8. The highest BCUT2D eigenvalue weighted by Gasteiger charge is 2.32. The van der Waals surface area contributed by atoms with Gasteiger partial charge in [-0.05, 0) is 26.3 Å². The Bertz CT molecular complexity index is 298. The van der Waals surface area contributed by atoms with Gasteiger partial charge in [-0.1, -0.05) is 30.3 Å². The molecule has 0 saturated heterocycles. The first-order valence-corrected chi connectivity index (χ1v) is 7.23. The van der Waals surface area contributed by atoms with Crippen molar-refractivity contribution in [1.82, 2.24) is 0 Å². The number of rotatable bonds is 3. The molecule has 1 rings (SSSR count). The summed E-state index contributed by atoms with van der Waals surface area (Å²) in [7, 11) is -0.0451. The van der Waals surface area contributed by atoms with Gasteiger partial charge in [0, 0.05) is 24.4 Å². The topological polar surface area (TPSA) is 0 Å². The van der Waals surface area contributed by atoms with E-state index in [4.69, 9.17) is 0 Å². The summed E-state index contributed by atoms with van der Waals surface area (Å²) in [4.78, 5) is 0. The lowest BCUT2D eigenvalue weighted by atomic mass is 10.2. The molecule has 1 aromatic rings. The molecular weight excluding hydrogens is 198 g/mol. The van der Waals surface area contributed by atoms with Gasteiger partial charge in [-0.3, -0.25) is 0 Å². The van der Waals surface area contributed by atoms with Crippen molar-refractivity contribution >= 4 is 14.7 Å². The average molecular weight is 222 g/mol. The fraction of sp³-hybridized carbons (Fsp3) is 0.538. The van der Waals surface area contributed by atoms with Crippen molar-refractivity contribution in [2.24, 2.45) is 0 Å². The van der Waals surface area contributed by atoms with E-state index < -0.39 is 7.14 Å². The van der Waals surface area contributed by atoms with Crippen molar-refractivity contribution in [2.45, 2.75) is 32.3 Å². The lowest BCUT2D eigenvalue weighted by Crippen LogP contribution is -2.22. The molecule has 0 aliphatic rings. The predicted molar refractivity (Wildman–Crippen MR) is 77.5 cm³/mol.